The summed E-state index contributed by atoms with van der Waals surface area (Å²) in [7, 11) is 0. The Hall–Kier alpha value is -0.730. The smallest absolute Gasteiger partial charge is 0.0455 e. The van der Waals surface area contributed by atoms with E-state index in [4.69, 9.17) is 11.6 Å². The van der Waals surface area contributed by atoms with Gasteiger partial charge in [0.25, 0.3) is 0 Å². The minimum absolute atomic E-state index is 0.871. The van der Waals surface area contributed by atoms with Crippen molar-refractivity contribution in [3.05, 3.63) is 28.8 Å². The maximum Gasteiger partial charge on any atom is 0.0455 e. The molecule has 0 aliphatic carbocycles. The maximum absolute atomic E-state index is 6.15. The first-order chi connectivity index (χ1) is 7.70. The average Bonchev–Trinajstić information content (AvgIpc) is 2.33. The van der Waals surface area contributed by atoms with Gasteiger partial charge in [0.15, 0.2) is 0 Å². The minimum atomic E-state index is 0.871. The molecular weight excluding hydrogens is 220 g/mol. The fourth-order valence-electron chi connectivity index (χ4n) is 2.10. The van der Waals surface area contributed by atoms with E-state index in [0.29, 0.717) is 0 Å². The van der Waals surface area contributed by atoms with Crippen LogP contribution >= 0.6 is 11.6 Å². The van der Waals surface area contributed by atoms with Gasteiger partial charge in [0, 0.05) is 36.9 Å². The molecule has 0 atom stereocenters. The van der Waals surface area contributed by atoms with E-state index in [2.05, 4.69) is 34.9 Å². The van der Waals surface area contributed by atoms with Gasteiger partial charge in [0.05, 0.1) is 0 Å². The summed E-state index contributed by atoms with van der Waals surface area (Å²) in [6.45, 7) is 9.94. The van der Waals surface area contributed by atoms with Crippen molar-refractivity contribution in [2.24, 2.45) is 0 Å². The lowest BCUT2D eigenvalue weighted by atomic mass is 10.2. The van der Waals surface area contributed by atoms with Gasteiger partial charge in [-0.2, -0.15) is 0 Å². The molecule has 0 spiro atoms. The summed E-state index contributed by atoms with van der Waals surface area (Å²) in [4.78, 5) is 4.89. The molecule has 0 radical (unpaired) electrons. The van der Waals surface area contributed by atoms with E-state index in [1.54, 1.807) is 0 Å². The van der Waals surface area contributed by atoms with Gasteiger partial charge >= 0.3 is 0 Å². The van der Waals surface area contributed by atoms with Crippen molar-refractivity contribution in [2.45, 2.75) is 13.8 Å². The summed E-state index contributed by atoms with van der Waals surface area (Å²) < 4.78 is 0. The third-order valence-corrected chi connectivity index (χ3v) is 3.75. The lowest BCUT2D eigenvalue weighted by molar-refractivity contribution is 0.271. The zero-order valence-corrected chi connectivity index (χ0v) is 10.8. The summed E-state index contributed by atoms with van der Waals surface area (Å²) in [5.74, 6) is 0. The van der Waals surface area contributed by atoms with Gasteiger partial charge in [-0.1, -0.05) is 24.6 Å². The lowest BCUT2D eigenvalue weighted by Gasteiger charge is -2.35. The molecule has 1 aliphatic heterocycles. The van der Waals surface area contributed by atoms with Crippen molar-refractivity contribution in [1.82, 2.24) is 4.90 Å². The summed E-state index contributed by atoms with van der Waals surface area (Å²) in [5, 5.41) is 0.871. The van der Waals surface area contributed by atoms with Crippen LogP contribution in [0, 0.1) is 6.92 Å². The Balaban J connectivity index is 2.05. The molecular formula is C13H19ClN2. The Kier molecular flexibility index (Phi) is 3.72. The van der Waals surface area contributed by atoms with Crippen LogP contribution in [0.2, 0.25) is 5.02 Å². The van der Waals surface area contributed by atoms with Crippen LogP contribution < -0.4 is 4.90 Å². The van der Waals surface area contributed by atoms with Gasteiger partial charge in [-0.3, -0.25) is 0 Å². The van der Waals surface area contributed by atoms with E-state index in [1.807, 2.05) is 6.92 Å². The second-order valence-electron chi connectivity index (χ2n) is 4.35. The minimum Gasteiger partial charge on any atom is -0.369 e. The van der Waals surface area contributed by atoms with Gasteiger partial charge in [0.2, 0.25) is 0 Å². The molecule has 1 aliphatic rings. The Bertz CT molecular complexity index is 357. The molecule has 0 N–H and O–H groups in total. The second kappa shape index (κ2) is 5.07. The highest BCUT2D eigenvalue weighted by Crippen LogP contribution is 2.23. The highest BCUT2D eigenvalue weighted by Gasteiger charge is 2.15. The molecule has 0 aromatic heterocycles. The predicted molar refractivity (Wildman–Crippen MR) is 70.5 cm³/mol. The quantitative estimate of drug-likeness (QED) is 0.782. The predicted octanol–water partition coefficient (Wildman–Crippen LogP) is 2.79. The van der Waals surface area contributed by atoms with E-state index in [-0.39, 0.29) is 0 Å². The molecule has 1 saturated heterocycles. The van der Waals surface area contributed by atoms with E-state index in [0.717, 1.165) is 43.3 Å². The van der Waals surface area contributed by atoms with Crippen LogP contribution in [0.15, 0.2) is 18.2 Å². The molecule has 16 heavy (non-hydrogen) atoms. The summed E-state index contributed by atoms with van der Waals surface area (Å²) in [6, 6.07) is 6.35. The van der Waals surface area contributed by atoms with Crippen molar-refractivity contribution >= 4 is 17.3 Å². The standard InChI is InChI=1S/C13H19ClN2/c1-3-15-6-8-16(9-7-15)12-5-4-11(2)13(14)10-12/h4-5,10H,3,6-9H2,1-2H3. The zero-order valence-electron chi connectivity index (χ0n) is 10.0. The first kappa shape index (κ1) is 11.7. The van der Waals surface area contributed by atoms with Crippen molar-refractivity contribution in [3.63, 3.8) is 0 Å². The average molecular weight is 239 g/mol. The fourth-order valence-corrected chi connectivity index (χ4v) is 2.28. The summed E-state index contributed by atoms with van der Waals surface area (Å²) in [5.41, 5.74) is 2.41. The highest BCUT2D eigenvalue weighted by molar-refractivity contribution is 6.31. The molecule has 1 heterocycles. The Morgan fingerprint density at radius 3 is 2.44 bits per heavy atom. The molecule has 0 saturated carbocycles. The highest BCUT2D eigenvalue weighted by atomic mass is 35.5. The van der Waals surface area contributed by atoms with E-state index < -0.39 is 0 Å². The maximum atomic E-state index is 6.15. The summed E-state index contributed by atoms with van der Waals surface area (Å²) in [6.07, 6.45) is 0. The molecule has 3 heteroatoms. The van der Waals surface area contributed by atoms with Crippen LogP contribution in [0.4, 0.5) is 5.69 Å². The van der Waals surface area contributed by atoms with Crippen molar-refractivity contribution < 1.29 is 0 Å². The largest absolute Gasteiger partial charge is 0.369 e. The first-order valence-electron chi connectivity index (χ1n) is 5.94. The number of benzene rings is 1. The number of anilines is 1. The van der Waals surface area contributed by atoms with E-state index in [9.17, 15) is 0 Å². The fraction of sp³-hybridized carbons (Fsp3) is 0.538. The Morgan fingerprint density at radius 2 is 1.88 bits per heavy atom. The number of piperazine rings is 1. The zero-order chi connectivity index (χ0) is 11.5. The van der Waals surface area contributed by atoms with Gasteiger partial charge in [-0.05, 0) is 31.2 Å². The van der Waals surface area contributed by atoms with Crippen molar-refractivity contribution in [1.29, 1.82) is 0 Å². The topological polar surface area (TPSA) is 6.48 Å². The molecule has 0 bridgehead atoms. The molecule has 2 nitrogen and oxygen atoms in total. The number of halogens is 1. The van der Waals surface area contributed by atoms with Crippen LogP contribution in [0.25, 0.3) is 0 Å². The van der Waals surface area contributed by atoms with Crippen LogP contribution in [0.5, 0.6) is 0 Å². The van der Waals surface area contributed by atoms with Gasteiger partial charge < -0.3 is 9.80 Å². The molecule has 0 unspecified atom stereocenters. The van der Waals surface area contributed by atoms with Crippen molar-refractivity contribution in [2.75, 3.05) is 37.6 Å². The summed E-state index contributed by atoms with van der Waals surface area (Å²) >= 11 is 6.15. The number of hydrogen-bond acceptors (Lipinski definition) is 2. The second-order valence-corrected chi connectivity index (χ2v) is 4.76. The third kappa shape index (κ3) is 2.50. The van der Waals surface area contributed by atoms with Crippen LogP contribution in [0.1, 0.15) is 12.5 Å². The molecule has 1 fully saturated rings. The number of rotatable bonds is 2. The van der Waals surface area contributed by atoms with Crippen molar-refractivity contribution in [3.8, 4) is 0 Å². The van der Waals surface area contributed by atoms with Gasteiger partial charge in [-0.25, -0.2) is 0 Å². The van der Waals surface area contributed by atoms with E-state index >= 15 is 0 Å². The third-order valence-electron chi connectivity index (χ3n) is 3.34. The van der Waals surface area contributed by atoms with Crippen LogP contribution in [-0.2, 0) is 0 Å². The number of likely N-dealkylation sites (N-methyl/N-ethyl adjacent to an activating group) is 1. The molecule has 0 amide bonds. The van der Waals surface area contributed by atoms with Crippen LogP contribution in [-0.4, -0.2) is 37.6 Å². The molecule has 88 valence electrons. The first-order valence-corrected chi connectivity index (χ1v) is 6.32. The Morgan fingerprint density at radius 1 is 1.19 bits per heavy atom. The molecule has 1 aromatic carbocycles. The monoisotopic (exact) mass is 238 g/mol. The number of hydrogen-bond donors (Lipinski definition) is 0. The Labute approximate surface area is 103 Å². The lowest BCUT2D eigenvalue weighted by Crippen LogP contribution is -2.46. The normalized spacial score (nSPS) is 17.8. The molecule has 1 aromatic rings. The van der Waals surface area contributed by atoms with Crippen LogP contribution in [0.3, 0.4) is 0 Å². The number of aryl methyl sites for hydroxylation is 1. The SMILES string of the molecule is CCN1CCN(c2ccc(C)c(Cl)c2)CC1. The van der Waals surface area contributed by atoms with E-state index in [1.165, 1.54) is 5.69 Å². The number of nitrogens with zero attached hydrogens (tertiary/aromatic N) is 2. The molecule has 2 rings (SSSR count). The van der Waals surface area contributed by atoms with Gasteiger partial charge in [0.1, 0.15) is 0 Å². The van der Waals surface area contributed by atoms with Gasteiger partial charge in [-0.15, -0.1) is 0 Å².